The predicted molar refractivity (Wildman–Crippen MR) is 270 cm³/mol. The van der Waals surface area contributed by atoms with Crippen molar-refractivity contribution in [2.24, 2.45) is 0 Å². The molecule has 7 nitrogen and oxygen atoms in total. The molecule has 8 aromatic rings. The number of ketones is 1. The number of anilines is 2. The second-order valence-electron chi connectivity index (χ2n) is 18.7. The molecule has 2 aliphatic rings. The fourth-order valence-electron chi connectivity index (χ4n) is 11.0. The van der Waals surface area contributed by atoms with E-state index in [0.29, 0.717) is 96.5 Å². The number of pyridine rings is 2. The van der Waals surface area contributed by atoms with Crippen molar-refractivity contribution in [1.29, 1.82) is 0 Å². The van der Waals surface area contributed by atoms with Crippen LogP contribution in [-0.2, 0) is 16.0 Å². The molecule has 2 unspecified atom stereocenters. The lowest BCUT2D eigenvalue weighted by Gasteiger charge is -2.39. The molecule has 0 saturated carbocycles. The summed E-state index contributed by atoms with van der Waals surface area (Å²) in [5.41, 5.74) is 8.15. The van der Waals surface area contributed by atoms with Crippen LogP contribution >= 0.6 is 0 Å². The molecule has 2 saturated heterocycles. The van der Waals surface area contributed by atoms with Crippen LogP contribution in [0.4, 0.5) is 20.2 Å². The standard InChI is InChI=1S/C59H56F2N4O3/c1-39-53(55(41-15-7-3-8-16-41)47-35-45(23-25-51(47)62-39)64-31-27-58(67,28-32-64)43-19-11-5-12-20-43)49(37-60)57(66)50(38-61)54-40(2)63-52-26-24-46(36-48(52)56(54)42-17-9-4-10-18-42)65-33-29-59(68,30-34-65)44-21-13-6-14-22-44/h3-26,35-36,49-50,67-68H,27-34,37-38H2,1-2H3. The van der Waals surface area contributed by atoms with Gasteiger partial charge in [-0.3, -0.25) is 14.8 Å². The topological polar surface area (TPSA) is 89.8 Å². The summed E-state index contributed by atoms with van der Waals surface area (Å²) in [4.78, 5) is 30.0. The van der Waals surface area contributed by atoms with Gasteiger partial charge in [-0.05, 0) is 120 Å². The molecule has 4 heterocycles. The number of piperidine rings is 2. The number of nitrogens with zero attached hydrogens (tertiary/aromatic N) is 4. The lowest BCUT2D eigenvalue weighted by molar-refractivity contribution is -0.122. The normalized spacial score (nSPS) is 16.7. The van der Waals surface area contributed by atoms with Crippen molar-refractivity contribution in [3.63, 3.8) is 0 Å². The van der Waals surface area contributed by atoms with Crippen molar-refractivity contribution in [2.75, 3.05) is 49.3 Å². The van der Waals surface area contributed by atoms with Crippen LogP contribution in [0.1, 0.15) is 71.2 Å². The van der Waals surface area contributed by atoms with Gasteiger partial charge in [0.05, 0.1) is 34.1 Å². The fraction of sp³-hybridized carbons (Fsp3) is 0.271. The number of aliphatic hydroxyl groups is 2. The van der Waals surface area contributed by atoms with Gasteiger partial charge in [0.15, 0.2) is 5.78 Å². The zero-order chi connectivity index (χ0) is 47.0. The van der Waals surface area contributed by atoms with Crippen molar-refractivity contribution in [1.82, 2.24) is 9.97 Å². The van der Waals surface area contributed by atoms with Crippen molar-refractivity contribution < 1.29 is 23.8 Å². The summed E-state index contributed by atoms with van der Waals surface area (Å²) in [6, 6.07) is 51.2. The average Bonchev–Trinajstić information content (AvgIpc) is 3.38. The third-order valence-corrected chi connectivity index (χ3v) is 14.7. The molecule has 2 aliphatic heterocycles. The molecular formula is C59H56F2N4O3. The number of halogens is 2. The Morgan fingerprint density at radius 2 is 0.868 bits per heavy atom. The summed E-state index contributed by atoms with van der Waals surface area (Å²) in [7, 11) is 0. The van der Waals surface area contributed by atoms with E-state index in [1.165, 1.54) is 0 Å². The summed E-state index contributed by atoms with van der Waals surface area (Å²) < 4.78 is 32.4. The van der Waals surface area contributed by atoms with Crippen LogP contribution in [0.25, 0.3) is 44.1 Å². The molecule has 10 rings (SSSR count). The van der Waals surface area contributed by atoms with E-state index in [0.717, 1.165) is 44.4 Å². The summed E-state index contributed by atoms with van der Waals surface area (Å²) >= 11 is 0. The number of Topliss-reactive ketones (excluding diaryl/α,β-unsaturated/α-hetero) is 1. The van der Waals surface area contributed by atoms with Crippen LogP contribution in [0, 0.1) is 13.8 Å². The molecule has 0 aliphatic carbocycles. The second kappa shape index (κ2) is 18.7. The molecule has 0 radical (unpaired) electrons. The van der Waals surface area contributed by atoms with E-state index in [-0.39, 0.29) is 0 Å². The van der Waals surface area contributed by atoms with Crippen LogP contribution in [0.15, 0.2) is 158 Å². The number of aromatic nitrogens is 2. The van der Waals surface area contributed by atoms with Crippen molar-refractivity contribution in [3.8, 4) is 22.3 Å². The highest BCUT2D eigenvalue weighted by atomic mass is 19.1. The first-order valence-corrected chi connectivity index (χ1v) is 23.8. The second-order valence-corrected chi connectivity index (χ2v) is 18.7. The predicted octanol–water partition coefficient (Wildman–Crippen LogP) is 12.1. The number of rotatable bonds is 12. The Kier molecular flexibility index (Phi) is 12.4. The first kappa shape index (κ1) is 45.0. The SMILES string of the molecule is Cc1nc2ccc(N3CCC(O)(c4ccccc4)CC3)cc2c(-c2ccccc2)c1C(CF)C(=O)C(CF)c1c(C)nc2ccc(N3CCC(O)(c4ccccc4)CC3)cc2c1-c1ccccc1. The number of carbonyl (C=O) groups excluding carboxylic acids is 1. The van der Waals surface area contributed by atoms with Crippen molar-refractivity contribution in [2.45, 2.75) is 62.6 Å². The number of fused-ring (bicyclic) bond motifs is 2. The molecule has 0 spiro atoms. The molecule has 344 valence electrons. The van der Waals surface area contributed by atoms with E-state index >= 15 is 13.6 Å². The first-order valence-electron chi connectivity index (χ1n) is 23.8. The van der Waals surface area contributed by atoms with Gasteiger partial charge in [0.2, 0.25) is 0 Å². The van der Waals surface area contributed by atoms with E-state index < -0.39 is 42.2 Å². The highest BCUT2D eigenvalue weighted by Gasteiger charge is 2.38. The molecular weight excluding hydrogens is 851 g/mol. The minimum atomic E-state index is -1.34. The summed E-state index contributed by atoms with van der Waals surface area (Å²) in [6.07, 6.45) is 2.20. The highest BCUT2D eigenvalue weighted by Crippen LogP contribution is 2.45. The lowest BCUT2D eigenvalue weighted by atomic mass is 9.78. The van der Waals surface area contributed by atoms with Gasteiger partial charge in [-0.15, -0.1) is 0 Å². The maximum Gasteiger partial charge on any atom is 0.153 e. The number of hydrogen-bond acceptors (Lipinski definition) is 7. The number of carbonyl (C=O) groups is 1. The van der Waals surface area contributed by atoms with Gasteiger partial charge in [0.1, 0.15) is 13.3 Å². The number of hydrogen-bond donors (Lipinski definition) is 2. The lowest BCUT2D eigenvalue weighted by Crippen LogP contribution is -2.42. The third kappa shape index (κ3) is 8.32. The average molecular weight is 907 g/mol. The quantitative estimate of drug-likeness (QED) is 0.126. The molecule has 9 heteroatoms. The van der Waals surface area contributed by atoms with Gasteiger partial charge in [-0.1, -0.05) is 121 Å². The van der Waals surface area contributed by atoms with Gasteiger partial charge in [-0.25, -0.2) is 8.78 Å². The largest absolute Gasteiger partial charge is 0.385 e. The highest BCUT2D eigenvalue weighted by molar-refractivity contribution is 6.05. The van der Waals surface area contributed by atoms with Gasteiger partial charge >= 0.3 is 0 Å². The molecule has 0 amide bonds. The number of benzene rings is 6. The number of aryl methyl sites for hydroxylation is 2. The van der Waals surface area contributed by atoms with Gasteiger partial charge in [0.25, 0.3) is 0 Å². The first-order chi connectivity index (χ1) is 33.1. The Morgan fingerprint density at radius 3 is 1.21 bits per heavy atom. The van der Waals surface area contributed by atoms with Crippen molar-refractivity contribution >= 4 is 39.0 Å². The van der Waals surface area contributed by atoms with Crippen LogP contribution < -0.4 is 9.80 Å². The molecule has 0 bridgehead atoms. The van der Waals surface area contributed by atoms with Crippen LogP contribution in [0.3, 0.4) is 0 Å². The monoisotopic (exact) mass is 906 g/mol. The van der Waals surface area contributed by atoms with E-state index in [4.69, 9.17) is 9.97 Å². The Morgan fingerprint density at radius 1 is 0.529 bits per heavy atom. The molecule has 2 aromatic heterocycles. The summed E-state index contributed by atoms with van der Waals surface area (Å²) in [5.74, 6) is -3.26. The summed E-state index contributed by atoms with van der Waals surface area (Å²) in [5, 5.41) is 24.8. The zero-order valence-electron chi connectivity index (χ0n) is 38.6. The van der Waals surface area contributed by atoms with E-state index in [2.05, 4.69) is 21.9 Å². The third-order valence-electron chi connectivity index (χ3n) is 14.7. The Hall–Kier alpha value is -6.81. The van der Waals surface area contributed by atoms with Crippen LogP contribution in [-0.4, -0.2) is 65.5 Å². The molecule has 2 N–H and O–H groups in total. The minimum absolute atomic E-state index is 0.444. The van der Waals surface area contributed by atoms with Crippen molar-refractivity contribution in [3.05, 3.63) is 191 Å². The van der Waals surface area contributed by atoms with Crippen LogP contribution in [0.5, 0.6) is 0 Å². The molecule has 6 aromatic carbocycles. The maximum atomic E-state index is 16.2. The molecule has 68 heavy (non-hydrogen) atoms. The van der Waals surface area contributed by atoms with Gasteiger partial charge < -0.3 is 20.0 Å². The Labute approximate surface area is 396 Å². The van der Waals surface area contributed by atoms with Gasteiger partial charge in [-0.2, -0.15) is 0 Å². The minimum Gasteiger partial charge on any atom is -0.385 e. The van der Waals surface area contributed by atoms with E-state index in [1.807, 2.05) is 159 Å². The Bertz CT molecular complexity index is 2870. The van der Waals surface area contributed by atoms with Crippen LogP contribution in [0.2, 0.25) is 0 Å². The molecule has 2 fully saturated rings. The van der Waals surface area contributed by atoms with E-state index in [9.17, 15) is 10.2 Å². The fourth-order valence-corrected chi connectivity index (χ4v) is 11.0. The van der Waals surface area contributed by atoms with Gasteiger partial charge in [0, 0.05) is 59.7 Å². The summed E-state index contributed by atoms with van der Waals surface area (Å²) in [6.45, 7) is 3.99. The maximum absolute atomic E-state index is 16.2. The smallest absolute Gasteiger partial charge is 0.153 e. The zero-order valence-corrected chi connectivity index (χ0v) is 38.6. The number of alkyl halides is 2. The van der Waals surface area contributed by atoms with E-state index in [1.54, 1.807) is 0 Å². The molecule has 2 atom stereocenters. The Balaban J connectivity index is 1.05.